The van der Waals surface area contributed by atoms with Crippen molar-refractivity contribution in [2.75, 3.05) is 0 Å². The van der Waals surface area contributed by atoms with E-state index in [9.17, 15) is 4.79 Å². The number of amides is 1. The molecule has 6 heteroatoms. The number of ether oxygens (including phenoxy) is 1. The predicted molar refractivity (Wildman–Crippen MR) is 113 cm³/mol. The minimum absolute atomic E-state index is 0.146. The van der Waals surface area contributed by atoms with E-state index >= 15 is 0 Å². The number of hydrogen-bond donors (Lipinski definition) is 1. The van der Waals surface area contributed by atoms with Crippen molar-refractivity contribution < 1.29 is 9.53 Å². The van der Waals surface area contributed by atoms with Gasteiger partial charge in [-0.15, -0.1) is 0 Å². The number of nitrogens with zero attached hydrogens (tertiary/aromatic N) is 2. The van der Waals surface area contributed by atoms with Gasteiger partial charge < -0.3 is 14.5 Å². The molecule has 0 aliphatic heterocycles. The maximum Gasteiger partial charge on any atom is 0.251 e. The van der Waals surface area contributed by atoms with Crippen LogP contribution >= 0.6 is 11.6 Å². The van der Waals surface area contributed by atoms with Gasteiger partial charge in [0, 0.05) is 23.0 Å². The van der Waals surface area contributed by atoms with Crippen LogP contribution in [0.25, 0.3) is 5.65 Å². The number of pyridine rings is 1. The van der Waals surface area contributed by atoms with Crippen LogP contribution in [0.15, 0.2) is 79.1 Å². The average molecular weight is 406 g/mol. The lowest BCUT2D eigenvalue weighted by Gasteiger charge is -2.15. The topological polar surface area (TPSA) is 55.6 Å². The number of carbonyl (C=O) groups excluding carboxylic acids is 1. The van der Waals surface area contributed by atoms with Gasteiger partial charge in [-0.2, -0.15) is 0 Å². The van der Waals surface area contributed by atoms with Crippen molar-refractivity contribution >= 4 is 23.2 Å². The maximum absolute atomic E-state index is 12.5. The molecule has 4 aromatic rings. The molecule has 0 aliphatic rings. The summed E-state index contributed by atoms with van der Waals surface area (Å²) in [7, 11) is 0. The van der Waals surface area contributed by atoms with Crippen LogP contribution in [0.5, 0.6) is 5.75 Å². The van der Waals surface area contributed by atoms with E-state index in [1.165, 1.54) is 0 Å². The second kappa shape index (κ2) is 8.37. The molecule has 0 unspecified atom stereocenters. The molecule has 0 bridgehead atoms. The van der Waals surface area contributed by atoms with Crippen molar-refractivity contribution in [3.8, 4) is 5.75 Å². The molecule has 2 heterocycles. The second-order valence-electron chi connectivity index (χ2n) is 6.76. The average Bonchev–Trinajstić information content (AvgIpc) is 3.15. The van der Waals surface area contributed by atoms with Gasteiger partial charge in [-0.25, -0.2) is 4.98 Å². The first-order chi connectivity index (χ1) is 14.1. The molecule has 4 rings (SSSR count). The fraction of sp³-hybridized carbons (Fsp3) is 0.130. The smallest absolute Gasteiger partial charge is 0.251 e. The Bertz CT molecular complexity index is 1110. The number of nitrogens with one attached hydrogen (secondary N) is 1. The maximum atomic E-state index is 12.5. The number of benzene rings is 2. The van der Waals surface area contributed by atoms with Gasteiger partial charge in [-0.1, -0.05) is 29.8 Å². The normalized spacial score (nSPS) is 11.9. The zero-order valence-corrected chi connectivity index (χ0v) is 16.6. The molecule has 0 aliphatic carbocycles. The fourth-order valence-electron chi connectivity index (χ4n) is 3.06. The molecule has 5 nitrogen and oxygen atoms in total. The van der Waals surface area contributed by atoms with Crippen LogP contribution in [0.1, 0.15) is 34.6 Å². The van der Waals surface area contributed by atoms with Crippen molar-refractivity contribution in [1.82, 2.24) is 14.7 Å². The minimum atomic E-state index is -0.149. The number of halogens is 1. The van der Waals surface area contributed by atoms with Crippen molar-refractivity contribution in [3.05, 3.63) is 101 Å². The zero-order valence-electron chi connectivity index (χ0n) is 15.9. The highest BCUT2D eigenvalue weighted by Gasteiger charge is 2.12. The predicted octanol–water partition coefficient (Wildman–Crippen LogP) is 5.06. The molecule has 1 atom stereocenters. The highest BCUT2D eigenvalue weighted by atomic mass is 35.5. The number of rotatable bonds is 6. The minimum Gasteiger partial charge on any atom is -0.487 e. The Morgan fingerprint density at radius 2 is 1.97 bits per heavy atom. The van der Waals surface area contributed by atoms with Gasteiger partial charge in [0.15, 0.2) is 0 Å². The summed E-state index contributed by atoms with van der Waals surface area (Å²) >= 11 is 6.02. The summed E-state index contributed by atoms with van der Waals surface area (Å²) in [6, 6.07) is 20.2. The molecule has 2 aromatic carbocycles. The third-order valence-corrected chi connectivity index (χ3v) is 4.85. The summed E-state index contributed by atoms with van der Waals surface area (Å²) in [6.07, 6.45) is 3.89. The summed E-state index contributed by atoms with van der Waals surface area (Å²) in [6.45, 7) is 2.29. The van der Waals surface area contributed by atoms with Crippen LogP contribution in [0, 0.1) is 0 Å². The summed E-state index contributed by atoms with van der Waals surface area (Å²) in [5, 5.41) is 3.63. The SMILES string of the molecule is C[C@H](NC(=O)c1ccc(OCc2cn3ccccc3n2)cc1)c1cccc(Cl)c1. The van der Waals surface area contributed by atoms with E-state index in [1.807, 2.05) is 66.2 Å². The van der Waals surface area contributed by atoms with Gasteiger partial charge in [0.05, 0.1) is 11.7 Å². The van der Waals surface area contributed by atoms with Crippen LogP contribution < -0.4 is 10.1 Å². The van der Waals surface area contributed by atoms with E-state index in [0.717, 1.165) is 16.9 Å². The Balaban J connectivity index is 1.36. The number of carbonyl (C=O) groups is 1. The fourth-order valence-corrected chi connectivity index (χ4v) is 3.25. The molecule has 146 valence electrons. The van der Waals surface area contributed by atoms with Crippen LogP contribution in [0.2, 0.25) is 5.02 Å². The highest BCUT2D eigenvalue weighted by molar-refractivity contribution is 6.30. The number of aromatic nitrogens is 2. The first kappa shape index (κ1) is 19.0. The van der Waals surface area contributed by atoms with E-state index < -0.39 is 0 Å². The molecule has 0 spiro atoms. The Morgan fingerprint density at radius 1 is 1.14 bits per heavy atom. The van der Waals surface area contributed by atoms with Crippen molar-refractivity contribution in [1.29, 1.82) is 0 Å². The molecule has 1 amide bonds. The molecule has 0 saturated heterocycles. The Labute approximate surface area is 173 Å². The van der Waals surface area contributed by atoms with Crippen molar-refractivity contribution in [2.24, 2.45) is 0 Å². The van der Waals surface area contributed by atoms with Crippen LogP contribution in [0.3, 0.4) is 0 Å². The first-order valence-corrected chi connectivity index (χ1v) is 9.68. The van der Waals surface area contributed by atoms with Crippen molar-refractivity contribution in [3.63, 3.8) is 0 Å². The molecule has 0 saturated carbocycles. The second-order valence-corrected chi connectivity index (χ2v) is 7.20. The molecule has 2 aromatic heterocycles. The largest absolute Gasteiger partial charge is 0.487 e. The third-order valence-electron chi connectivity index (χ3n) is 4.61. The van der Waals surface area contributed by atoms with E-state index in [-0.39, 0.29) is 11.9 Å². The monoisotopic (exact) mass is 405 g/mol. The number of hydrogen-bond acceptors (Lipinski definition) is 3. The van der Waals surface area contributed by atoms with Crippen LogP contribution in [-0.2, 0) is 6.61 Å². The summed E-state index contributed by atoms with van der Waals surface area (Å²) in [5.74, 6) is 0.533. The van der Waals surface area contributed by atoms with Gasteiger partial charge in [-0.3, -0.25) is 4.79 Å². The molecule has 0 fully saturated rings. The Hall–Kier alpha value is -3.31. The molecule has 29 heavy (non-hydrogen) atoms. The molecular formula is C23H20ClN3O2. The first-order valence-electron chi connectivity index (χ1n) is 9.30. The molecular weight excluding hydrogens is 386 g/mol. The van der Waals surface area contributed by atoms with Gasteiger partial charge in [0.2, 0.25) is 0 Å². The van der Waals surface area contributed by atoms with Gasteiger partial charge in [-0.05, 0) is 61.0 Å². The number of fused-ring (bicyclic) bond motifs is 1. The third kappa shape index (κ3) is 4.58. The lowest BCUT2D eigenvalue weighted by atomic mass is 10.1. The van der Waals surface area contributed by atoms with E-state index in [4.69, 9.17) is 16.3 Å². The summed E-state index contributed by atoms with van der Waals surface area (Å²) in [5.41, 5.74) is 3.25. The highest BCUT2D eigenvalue weighted by Crippen LogP contribution is 2.19. The Kier molecular flexibility index (Phi) is 5.49. The molecule has 0 radical (unpaired) electrons. The van der Waals surface area contributed by atoms with Crippen molar-refractivity contribution in [2.45, 2.75) is 19.6 Å². The van der Waals surface area contributed by atoms with Gasteiger partial charge in [0.1, 0.15) is 18.0 Å². The lowest BCUT2D eigenvalue weighted by molar-refractivity contribution is 0.0940. The van der Waals surface area contributed by atoms with E-state index in [0.29, 0.717) is 22.9 Å². The van der Waals surface area contributed by atoms with Gasteiger partial charge >= 0.3 is 0 Å². The van der Waals surface area contributed by atoms with Gasteiger partial charge in [0.25, 0.3) is 5.91 Å². The Morgan fingerprint density at radius 3 is 2.72 bits per heavy atom. The van der Waals surface area contributed by atoms with Crippen LogP contribution in [-0.4, -0.2) is 15.3 Å². The quantitative estimate of drug-likeness (QED) is 0.488. The van der Waals surface area contributed by atoms with E-state index in [2.05, 4.69) is 10.3 Å². The zero-order chi connectivity index (χ0) is 20.2. The van der Waals surface area contributed by atoms with Crippen LogP contribution in [0.4, 0.5) is 0 Å². The number of imidazole rings is 1. The molecule has 1 N–H and O–H groups in total. The lowest BCUT2D eigenvalue weighted by Crippen LogP contribution is -2.26. The summed E-state index contributed by atoms with van der Waals surface area (Å²) in [4.78, 5) is 17.0. The standard InChI is InChI=1S/C23H20ClN3O2/c1-16(18-5-4-6-19(24)13-18)25-23(28)17-8-10-21(11-9-17)29-15-20-14-27-12-3-2-7-22(27)26-20/h2-14,16H,15H2,1H3,(H,25,28)/t16-/m0/s1. The van der Waals surface area contributed by atoms with E-state index in [1.54, 1.807) is 24.3 Å². The summed E-state index contributed by atoms with van der Waals surface area (Å²) < 4.78 is 7.75.